The van der Waals surface area contributed by atoms with Crippen molar-refractivity contribution in [1.29, 1.82) is 0 Å². The first-order valence-electron chi connectivity index (χ1n) is 14.5. The van der Waals surface area contributed by atoms with Gasteiger partial charge in [0.05, 0.1) is 27.8 Å². The predicted molar refractivity (Wildman–Crippen MR) is 167 cm³/mol. The summed E-state index contributed by atoms with van der Waals surface area (Å²) >= 11 is 0. The minimum absolute atomic E-state index is 0.118. The van der Waals surface area contributed by atoms with Gasteiger partial charge >= 0.3 is 24.7 Å². The van der Waals surface area contributed by atoms with Crippen molar-refractivity contribution in [3.05, 3.63) is 136 Å². The first-order valence-corrected chi connectivity index (χ1v) is 14.5. The number of benzene rings is 4. The van der Waals surface area contributed by atoms with E-state index in [-0.39, 0.29) is 59.8 Å². The third-order valence-electron chi connectivity index (χ3n) is 7.79. The molecule has 0 heterocycles. The summed E-state index contributed by atoms with van der Waals surface area (Å²) in [4.78, 5) is 0.428. The smallest absolute Gasteiger partial charge is 0.399 e. The van der Waals surface area contributed by atoms with Gasteiger partial charge in [-0.1, -0.05) is 12.1 Å². The molecule has 0 spiro atoms. The van der Waals surface area contributed by atoms with Crippen LogP contribution in [0.3, 0.4) is 0 Å². The minimum Gasteiger partial charge on any atom is -0.399 e. The van der Waals surface area contributed by atoms with Crippen LogP contribution in [0.25, 0.3) is 0 Å². The number of nitrogen functional groups attached to an aromatic ring is 2. The lowest BCUT2D eigenvalue weighted by Crippen LogP contribution is -2.39. The largest absolute Gasteiger partial charge is 0.416 e. The van der Waals surface area contributed by atoms with Crippen molar-refractivity contribution < 1.29 is 52.7 Å². The lowest BCUT2D eigenvalue weighted by atomic mass is 9.82. The number of rotatable bonds is 6. The van der Waals surface area contributed by atoms with Crippen molar-refractivity contribution in [1.82, 2.24) is 0 Å². The standard InChI is InChI=1S/C34H25F12N5/c35-31(36,37)19-9-20(32(38,39)40)12-27(11-19)51(28-13-21(33(41,42)43)10-22(14-28)34(44,45)46)29-15-26(50-25-7-5-24(48)6-8-25)16-30(49,17-29)18-1-3-23(47)4-2-18/h1-15,17,50H,16,47-49H2. The fraction of sp³-hybridized carbons (Fsp3) is 0.176. The summed E-state index contributed by atoms with van der Waals surface area (Å²) in [6.07, 6.45) is -19.6. The van der Waals surface area contributed by atoms with Crippen LogP contribution in [0.2, 0.25) is 0 Å². The Balaban J connectivity index is 1.87. The van der Waals surface area contributed by atoms with Gasteiger partial charge in [-0.3, -0.25) is 0 Å². The van der Waals surface area contributed by atoms with Gasteiger partial charge in [0, 0.05) is 46.3 Å². The van der Waals surface area contributed by atoms with Gasteiger partial charge in [0.1, 0.15) is 0 Å². The molecule has 0 aromatic heterocycles. The molecule has 0 amide bonds. The van der Waals surface area contributed by atoms with Gasteiger partial charge in [-0.15, -0.1) is 0 Å². The molecule has 1 aliphatic carbocycles. The van der Waals surface area contributed by atoms with Gasteiger partial charge in [-0.2, -0.15) is 52.7 Å². The number of nitrogens with two attached hydrogens (primary N) is 3. The molecule has 0 saturated carbocycles. The third kappa shape index (κ3) is 8.36. The molecule has 1 aliphatic rings. The number of allylic oxidation sites excluding steroid dienone is 1. The second-order valence-corrected chi connectivity index (χ2v) is 11.7. The van der Waals surface area contributed by atoms with E-state index in [0.29, 0.717) is 16.3 Å². The number of alkyl halides is 12. The molecule has 17 heteroatoms. The molecule has 270 valence electrons. The molecule has 0 aliphatic heterocycles. The number of anilines is 5. The summed E-state index contributed by atoms with van der Waals surface area (Å²) in [5.74, 6) is 0. The molecule has 7 N–H and O–H groups in total. The van der Waals surface area contributed by atoms with E-state index in [2.05, 4.69) is 5.32 Å². The second kappa shape index (κ2) is 12.8. The summed E-state index contributed by atoms with van der Waals surface area (Å²) in [5.41, 5.74) is 7.92. The lowest BCUT2D eigenvalue weighted by molar-refractivity contribution is -0.144. The molecule has 1 atom stereocenters. The number of nitrogens with zero attached hydrogens (tertiary/aromatic N) is 1. The van der Waals surface area contributed by atoms with E-state index in [1.807, 2.05) is 0 Å². The van der Waals surface area contributed by atoms with E-state index < -0.39 is 69.6 Å². The fourth-order valence-corrected chi connectivity index (χ4v) is 5.42. The summed E-state index contributed by atoms with van der Waals surface area (Å²) < 4.78 is 168. The van der Waals surface area contributed by atoms with E-state index >= 15 is 0 Å². The van der Waals surface area contributed by atoms with Gasteiger partial charge in [0.25, 0.3) is 0 Å². The minimum atomic E-state index is -5.42. The molecule has 0 saturated heterocycles. The zero-order valence-electron chi connectivity index (χ0n) is 25.7. The third-order valence-corrected chi connectivity index (χ3v) is 7.79. The first-order chi connectivity index (χ1) is 23.4. The Kier molecular flexibility index (Phi) is 9.26. The van der Waals surface area contributed by atoms with Gasteiger partial charge in [-0.25, -0.2) is 0 Å². The summed E-state index contributed by atoms with van der Waals surface area (Å²) in [6.45, 7) is 0. The molecular formula is C34H25F12N5. The second-order valence-electron chi connectivity index (χ2n) is 11.7. The van der Waals surface area contributed by atoms with E-state index in [1.165, 1.54) is 48.5 Å². The highest BCUT2D eigenvalue weighted by Gasteiger charge is 2.41. The van der Waals surface area contributed by atoms with Crippen LogP contribution in [0.1, 0.15) is 34.2 Å². The van der Waals surface area contributed by atoms with Crippen molar-refractivity contribution in [3.63, 3.8) is 0 Å². The lowest BCUT2D eigenvalue weighted by Gasteiger charge is -2.37. The first kappa shape index (κ1) is 36.9. The number of halogens is 12. The number of hydrogen-bond donors (Lipinski definition) is 4. The molecule has 5 rings (SSSR count). The molecule has 4 aromatic rings. The van der Waals surface area contributed by atoms with Crippen LogP contribution >= 0.6 is 0 Å². The van der Waals surface area contributed by atoms with E-state index in [1.54, 1.807) is 0 Å². The van der Waals surface area contributed by atoms with Crippen LogP contribution < -0.4 is 27.4 Å². The maximum absolute atomic E-state index is 14.0. The number of hydrogen-bond acceptors (Lipinski definition) is 5. The Bertz CT molecular complexity index is 1830. The van der Waals surface area contributed by atoms with Crippen molar-refractivity contribution in [3.8, 4) is 0 Å². The molecule has 1 unspecified atom stereocenters. The topological polar surface area (TPSA) is 93.3 Å². The van der Waals surface area contributed by atoms with Crippen LogP contribution in [-0.4, -0.2) is 0 Å². The average Bonchev–Trinajstić information content (AvgIpc) is 3.00. The molecule has 5 nitrogen and oxygen atoms in total. The summed E-state index contributed by atoms with van der Waals surface area (Å²) in [5, 5.41) is 2.99. The Morgan fingerprint density at radius 3 is 1.29 bits per heavy atom. The summed E-state index contributed by atoms with van der Waals surface area (Å²) in [7, 11) is 0. The van der Waals surface area contributed by atoms with Crippen LogP contribution in [-0.2, 0) is 30.2 Å². The van der Waals surface area contributed by atoms with E-state index in [0.717, 1.165) is 12.2 Å². The monoisotopic (exact) mass is 731 g/mol. The van der Waals surface area contributed by atoms with Crippen LogP contribution in [0.5, 0.6) is 0 Å². The average molecular weight is 732 g/mol. The zero-order valence-corrected chi connectivity index (χ0v) is 25.7. The van der Waals surface area contributed by atoms with Gasteiger partial charge < -0.3 is 27.4 Å². The predicted octanol–water partition coefficient (Wildman–Crippen LogP) is 10.2. The number of nitrogens with one attached hydrogen (secondary N) is 1. The molecule has 4 aromatic carbocycles. The van der Waals surface area contributed by atoms with Gasteiger partial charge in [0.2, 0.25) is 0 Å². The van der Waals surface area contributed by atoms with Crippen molar-refractivity contribution in [2.24, 2.45) is 5.73 Å². The van der Waals surface area contributed by atoms with Crippen LogP contribution in [0.4, 0.5) is 81.1 Å². The van der Waals surface area contributed by atoms with Gasteiger partial charge in [0.15, 0.2) is 0 Å². The Morgan fingerprint density at radius 2 is 0.922 bits per heavy atom. The maximum Gasteiger partial charge on any atom is 0.416 e. The van der Waals surface area contributed by atoms with Crippen molar-refractivity contribution >= 4 is 28.4 Å². The Hall–Kier alpha value is -5.32. The zero-order chi connectivity index (χ0) is 37.7. The van der Waals surface area contributed by atoms with Crippen LogP contribution in [0.15, 0.2) is 108 Å². The molecule has 51 heavy (non-hydrogen) atoms. The fourth-order valence-electron chi connectivity index (χ4n) is 5.42. The van der Waals surface area contributed by atoms with Crippen molar-refractivity contribution in [2.75, 3.05) is 21.7 Å². The normalized spacial score (nSPS) is 17.1. The molecular weight excluding hydrogens is 706 g/mol. The molecule has 0 radical (unpaired) electrons. The highest BCUT2D eigenvalue weighted by Crippen LogP contribution is 2.46. The van der Waals surface area contributed by atoms with Gasteiger partial charge in [-0.05, 0) is 90.5 Å². The maximum atomic E-state index is 14.0. The highest BCUT2D eigenvalue weighted by molar-refractivity contribution is 5.74. The SMILES string of the molecule is Nc1ccc(NC2=CC(N(c3cc(C(F)(F)F)cc(C(F)(F)F)c3)c3cc(C(F)(F)F)cc(C(F)(F)F)c3)=CC(N)(c3ccc(N)cc3)C2)cc1. The van der Waals surface area contributed by atoms with E-state index in [4.69, 9.17) is 17.2 Å². The molecule has 0 bridgehead atoms. The Labute approximate surface area is 281 Å². The van der Waals surface area contributed by atoms with Crippen molar-refractivity contribution in [2.45, 2.75) is 36.7 Å². The Morgan fingerprint density at radius 1 is 0.549 bits per heavy atom. The van der Waals surface area contributed by atoms with E-state index in [9.17, 15) is 52.7 Å². The summed E-state index contributed by atoms with van der Waals surface area (Å²) in [6, 6.07) is 12.1. The van der Waals surface area contributed by atoms with Crippen LogP contribution in [0, 0.1) is 0 Å². The molecule has 0 fully saturated rings. The highest BCUT2D eigenvalue weighted by atomic mass is 19.4. The quantitative estimate of drug-likeness (QED) is 0.117.